The fourth-order valence-corrected chi connectivity index (χ4v) is 3.89. The molecule has 0 bridgehead atoms. The van der Waals surface area contributed by atoms with Gasteiger partial charge in [-0.2, -0.15) is 0 Å². The largest absolute Gasteiger partial charge is 0.306 e. The minimum absolute atomic E-state index is 0.0701. The number of likely N-dealkylation sites (tertiary alicyclic amines) is 1. The number of sulfonamides is 1. The zero-order valence-electron chi connectivity index (χ0n) is 13.0. The Morgan fingerprint density at radius 3 is 2.43 bits per heavy atom. The van der Waals surface area contributed by atoms with Crippen LogP contribution >= 0.6 is 0 Å². The summed E-state index contributed by atoms with van der Waals surface area (Å²) in [6, 6.07) is 7.66. The van der Waals surface area contributed by atoms with Crippen LogP contribution < -0.4 is 4.72 Å². The number of nitrogens with zero attached hydrogens (tertiary/aromatic N) is 1. The van der Waals surface area contributed by atoms with E-state index in [0.717, 1.165) is 30.6 Å². The van der Waals surface area contributed by atoms with Gasteiger partial charge in [-0.25, -0.2) is 13.1 Å². The van der Waals surface area contributed by atoms with Gasteiger partial charge in [0.15, 0.2) is 0 Å². The van der Waals surface area contributed by atoms with Crippen molar-refractivity contribution in [3.63, 3.8) is 0 Å². The fraction of sp³-hybridized carbons (Fsp3) is 0.625. The quantitative estimate of drug-likeness (QED) is 0.876. The first-order valence-corrected chi connectivity index (χ1v) is 9.31. The number of hydrogen-bond acceptors (Lipinski definition) is 3. The maximum absolute atomic E-state index is 12.1. The molecule has 0 aromatic heterocycles. The van der Waals surface area contributed by atoms with E-state index in [4.69, 9.17) is 0 Å². The molecule has 1 aromatic carbocycles. The Morgan fingerprint density at radius 1 is 1.19 bits per heavy atom. The Balaban J connectivity index is 1.75. The van der Waals surface area contributed by atoms with Crippen LogP contribution in [0.25, 0.3) is 0 Å². The Bertz CT molecular complexity index is 532. The zero-order valence-corrected chi connectivity index (χ0v) is 13.8. The van der Waals surface area contributed by atoms with Crippen molar-refractivity contribution in [1.29, 1.82) is 0 Å². The van der Waals surface area contributed by atoms with Crippen LogP contribution in [0.1, 0.15) is 30.4 Å². The summed E-state index contributed by atoms with van der Waals surface area (Å²) in [7, 11) is -1.08. The van der Waals surface area contributed by atoms with Gasteiger partial charge in [-0.15, -0.1) is 0 Å². The van der Waals surface area contributed by atoms with Gasteiger partial charge in [-0.3, -0.25) is 0 Å². The summed E-state index contributed by atoms with van der Waals surface area (Å²) in [5.41, 5.74) is 1.98. The lowest BCUT2D eigenvalue weighted by atomic mass is 9.94. The van der Waals surface area contributed by atoms with E-state index in [1.807, 2.05) is 31.2 Å². The van der Waals surface area contributed by atoms with Gasteiger partial charge in [0.2, 0.25) is 10.0 Å². The molecule has 0 radical (unpaired) electrons. The summed E-state index contributed by atoms with van der Waals surface area (Å²) in [6.45, 7) is 4.81. The first-order chi connectivity index (χ1) is 9.94. The van der Waals surface area contributed by atoms with Gasteiger partial charge in [-0.1, -0.05) is 29.8 Å². The first-order valence-electron chi connectivity index (χ1n) is 7.66. The molecule has 1 aliphatic heterocycles. The topological polar surface area (TPSA) is 49.4 Å². The van der Waals surface area contributed by atoms with Gasteiger partial charge in [0, 0.05) is 6.54 Å². The van der Waals surface area contributed by atoms with Crippen LogP contribution in [0.15, 0.2) is 24.3 Å². The van der Waals surface area contributed by atoms with Crippen LogP contribution in [-0.2, 0) is 15.8 Å². The highest BCUT2D eigenvalue weighted by Gasteiger charge is 2.17. The van der Waals surface area contributed by atoms with Gasteiger partial charge in [0.1, 0.15) is 0 Å². The van der Waals surface area contributed by atoms with E-state index >= 15 is 0 Å². The SMILES string of the molecule is Cc1ccc(CS(=O)(=O)NCCC2CCN(C)CC2)cc1. The number of hydrogen-bond donors (Lipinski definition) is 1. The second-order valence-electron chi connectivity index (χ2n) is 6.17. The number of nitrogens with one attached hydrogen (secondary N) is 1. The molecule has 0 aliphatic carbocycles. The first kappa shape index (κ1) is 16.5. The van der Waals surface area contributed by atoms with E-state index in [2.05, 4.69) is 16.7 Å². The summed E-state index contributed by atoms with van der Waals surface area (Å²) >= 11 is 0. The molecule has 118 valence electrons. The van der Waals surface area contributed by atoms with Crippen LogP contribution in [0.2, 0.25) is 0 Å². The number of piperidine rings is 1. The fourth-order valence-electron chi connectivity index (χ4n) is 2.72. The molecule has 1 saturated heterocycles. The summed E-state index contributed by atoms with van der Waals surface area (Å²) < 4.78 is 26.9. The highest BCUT2D eigenvalue weighted by molar-refractivity contribution is 7.88. The van der Waals surface area contributed by atoms with Crippen molar-refractivity contribution in [3.05, 3.63) is 35.4 Å². The monoisotopic (exact) mass is 310 g/mol. The number of rotatable bonds is 6. The normalized spacial score (nSPS) is 18.0. The molecule has 0 amide bonds. The van der Waals surface area contributed by atoms with E-state index in [9.17, 15) is 8.42 Å². The number of benzene rings is 1. The molecule has 0 spiro atoms. The van der Waals surface area contributed by atoms with E-state index in [1.54, 1.807) is 0 Å². The smallest absolute Gasteiger partial charge is 0.215 e. The van der Waals surface area contributed by atoms with Crippen molar-refractivity contribution in [2.75, 3.05) is 26.7 Å². The molecule has 5 heteroatoms. The summed E-state index contributed by atoms with van der Waals surface area (Å²) in [4.78, 5) is 2.33. The molecule has 0 atom stereocenters. The summed E-state index contributed by atoms with van der Waals surface area (Å²) in [6.07, 6.45) is 3.30. The maximum Gasteiger partial charge on any atom is 0.215 e. The average Bonchev–Trinajstić information content (AvgIpc) is 2.43. The molecule has 1 aliphatic rings. The van der Waals surface area contributed by atoms with E-state index in [1.165, 1.54) is 12.8 Å². The van der Waals surface area contributed by atoms with Gasteiger partial charge in [-0.05, 0) is 57.8 Å². The second-order valence-corrected chi connectivity index (χ2v) is 7.98. The molecule has 1 aromatic rings. The molecule has 1 N–H and O–H groups in total. The molecule has 4 nitrogen and oxygen atoms in total. The lowest BCUT2D eigenvalue weighted by Crippen LogP contribution is -2.33. The van der Waals surface area contributed by atoms with E-state index in [0.29, 0.717) is 12.5 Å². The highest BCUT2D eigenvalue weighted by Crippen LogP contribution is 2.19. The molecule has 0 unspecified atom stereocenters. The van der Waals surface area contributed by atoms with Gasteiger partial charge >= 0.3 is 0 Å². The van der Waals surface area contributed by atoms with Gasteiger partial charge in [0.25, 0.3) is 0 Å². The predicted molar refractivity (Wildman–Crippen MR) is 86.6 cm³/mol. The molecule has 2 rings (SSSR count). The average molecular weight is 310 g/mol. The molecular formula is C16H26N2O2S. The summed E-state index contributed by atoms with van der Waals surface area (Å²) in [5, 5.41) is 0. The van der Waals surface area contributed by atoms with E-state index in [-0.39, 0.29) is 5.75 Å². The van der Waals surface area contributed by atoms with Crippen molar-refractivity contribution in [3.8, 4) is 0 Å². The van der Waals surface area contributed by atoms with Crippen molar-refractivity contribution in [2.24, 2.45) is 5.92 Å². The van der Waals surface area contributed by atoms with Crippen LogP contribution in [0.4, 0.5) is 0 Å². The summed E-state index contributed by atoms with van der Waals surface area (Å²) in [5.74, 6) is 0.726. The highest BCUT2D eigenvalue weighted by atomic mass is 32.2. The third kappa shape index (κ3) is 5.77. The molecule has 0 saturated carbocycles. The zero-order chi connectivity index (χ0) is 15.3. The molecular weight excluding hydrogens is 284 g/mol. The molecule has 1 heterocycles. The maximum atomic E-state index is 12.1. The third-order valence-corrected chi connectivity index (χ3v) is 5.55. The van der Waals surface area contributed by atoms with Gasteiger partial charge in [0.05, 0.1) is 5.75 Å². The van der Waals surface area contributed by atoms with E-state index < -0.39 is 10.0 Å². The van der Waals surface area contributed by atoms with Crippen molar-refractivity contribution < 1.29 is 8.42 Å². The minimum Gasteiger partial charge on any atom is -0.306 e. The van der Waals surface area contributed by atoms with Crippen molar-refractivity contribution >= 4 is 10.0 Å². The Morgan fingerprint density at radius 2 is 1.81 bits per heavy atom. The molecule has 1 fully saturated rings. The third-order valence-electron chi connectivity index (χ3n) is 4.19. The Hall–Kier alpha value is -0.910. The van der Waals surface area contributed by atoms with Crippen LogP contribution in [0.3, 0.4) is 0 Å². The molecule has 21 heavy (non-hydrogen) atoms. The number of aryl methyl sites for hydroxylation is 1. The predicted octanol–water partition coefficient (Wildman–Crippen LogP) is 2.15. The van der Waals surface area contributed by atoms with Gasteiger partial charge < -0.3 is 4.90 Å². The van der Waals surface area contributed by atoms with Crippen molar-refractivity contribution in [2.45, 2.75) is 31.9 Å². The van der Waals surface area contributed by atoms with Crippen LogP contribution in [0, 0.1) is 12.8 Å². The van der Waals surface area contributed by atoms with Crippen LogP contribution in [-0.4, -0.2) is 40.0 Å². The van der Waals surface area contributed by atoms with Crippen LogP contribution in [0.5, 0.6) is 0 Å². The minimum atomic E-state index is -3.22. The second kappa shape index (κ2) is 7.38. The standard InChI is InChI=1S/C16H26N2O2S/c1-14-3-5-16(6-4-14)13-21(19,20)17-10-7-15-8-11-18(2)12-9-15/h3-6,15,17H,7-13H2,1-2H3. The Labute approximate surface area is 128 Å². The lowest BCUT2D eigenvalue weighted by molar-refractivity contribution is 0.213. The Kier molecular flexibility index (Phi) is 5.79. The van der Waals surface area contributed by atoms with Crippen molar-refractivity contribution in [1.82, 2.24) is 9.62 Å². The lowest BCUT2D eigenvalue weighted by Gasteiger charge is -2.28.